The molecule has 2 nitrogen and oxygen atoms in total. The SMILES string of the molecule is C=CCC12CC1(C(=O)O)C2. The van der Waals surface area contributed by atoms with Crippen LogP contribution in [0.4, 0.5) is 0 Å². The van der Waals surface area contributed by atoms with E-state index in [0.29, 0.717) is 0 Å². The average Bonchev–Trinajstić information content (AvgIpc) is 2.51. The standard InChI is InChI=1S/C8H10O2/c1-2-3-7-4-8(7,5-7)6(9)10/h2H,1,3-5H2,(H,9,10). The summed E-state index contributed by atoms with van der Waals surface area (Å²) < 4.78 is 0. The van der Waals surface area contributed by atoms with Crippen molar-refractivity contribution in [1.29, 1.82) is 0 Å². The molecule has 0 atom stereocenters. The molecule has 0 aromatic rings. The van der Waals surface area contributed by atoms with Gasteiger partial charge < -0.3 is 5.11 Å². The summed E-state index contributed by atoms with van der Waals surface area (Å²) in [5.41, 5.74) is -0.123. The van der Waals surface area contributed by atoms with Gasteiger partial charge in [0.2, 0.25) is 0 Å². The molecular weight excluding hydrogens is 128 g/mol. The van der Waals surface area contributed by atoms with Crippen LogP contribution in [-0.4, -0.2) is 11.1 Å². The van der Waals surface area contributed by atoms with Gasteiger partial charge in [0, 0.05) is 0 Å². The van der Waals surface area contributed by atoms with Gasteiger partial charge in [0.15, 0.2) is 0 Å². The maximum Gasteiger partial charge on any atom is 0.310 e. The minimum Gasteiger partial charge on any atom is -0.481 e. The van der Waals surface area contributed by atoms with Crippen LogP contribution in [0.25, 0.3) is 0 Å². The van der Waals surface area contributed by atoms with E-state index >= 15 is 0 Å². The molecule has 0 amide bonds. The number of carboxylic acid groups (broad SMARTS) is 1. The maximum atomic E-state index is 10.6. The predicted octanol–water partition coefficient (Wildman–Crippen LogP) is 1.43. The second-order valence-corrected chi connectivity index (χ2v) is 3.51. The lowest BCUT2D eigenvalue weighted by molar-refractivity contribution is -0.140. The first-order valence-corrected chi connectivity index (χ1v) is 3.51. The van der Waals surface area contributed by atoms with Crippen molar-refractivity contribution in [1.82, 2.24) is 0 Å². The van der Waals surface area contributed by atoms with E-state index in [-0.39, 0.29) is 10.8 Å². The summed E-state index contributed by atoms with van der Waals surface area (Å²) in [6.45, 7) is 3.61. The van der Waals surface area contributed by atoms with E-state index in [4.69, 9.17) is 5.11 Å². The molecule has 2 aliphatic carbocycles. The maximum absolute atomic E-state index is 10.6. The van der Waals surface area contributed by atoms with Gasteiger partial charge in [-0.05, 0) is 24.7 Å². The molecule has 0 radical (unpaired) electrons. The third-order valence-electron chi connectivity index (χ3n) is 2.99. The lowest BCUT2D eigenvalue weighted by Crippen LogP contribution is -2.03. The van der Waals surface area contributed by atoms with Crippen LogP contribution in [-0.2, 0) is 4.79 Å². The molecule has 1 N–H and O–H groups in total. The summed E-state index contributed by atoms with van der Waals surface area (Å²) in [5, 5.41) is 8.71. The molecule has 54 valence electrons. The summed E-state index contributed by atoms with van der Waals surface area (Å²) in [7, 11) is 0. The van der Waals surface area contributed by atoms with Gasteiger partial charge >= 0.3 is 5.97 Å². The molecular formula is C8H10O2. The highest BCUT2D eigenvalue weighted by molar-refractivity contribution is 5.85. The molecule has 0 saturated heterocycles. The van der Waals surface area contributed by atoms with Gasteiger partial charge in [0.25, 0.3) is 0 Å². The summed E-state index contributed by atoms with van der Waals surface area (Å²) in [4.78, 5) is 10.6. The van der Waals surface area contributed by atoms with E-state index in [2.05, 4.69) is 6.58 Å². The van der Waals surface area contributed by atoms with Gasteiger partial charge in [0.1, 0.15) is 0 Å². The average molecular weight is 138 g/mol. The van der Waals surface area contributed by atoms with E-state index in [1.54, 1.807) is 0 Å². The van der Waals surface area contributed by atoms with Gasteiger partial charge in [-0.25, -0.2) is 0 Å². The van der Waals surface area contributed by atoms with Gasteiger partial charge in [0.05, 0.1) is 5.41 Å². The Morgan fingerprint density at radius 2 is 2.30 bits per heavy atom. The van der Waals surface area contributed by atoms with E-state index in [0.717, 1.165) is 19.3 Å². The quantitative estimate of drug-likeness (QED) is 0.599. The first-order valence-electron chi connectivity index (χ1n) is 3.51. The Hall–Kier alpha value is -0.790. The summed E-state index contributed by atoms with van der Waals surface area (Å²) in [5.74, 6) is -0.602. The number of rotatable bonds is 3. The van der Waals surface area contributed by atoms with E-state index in [1.807, 2.05) is 6.08 Å². The van der Waals surface area contributed by atoms with Crippen LogP contribution >= 0.6 is 0 Å². The lowest BCUT2D eigenvalue weighted by Gasteiger charge is -1.91. The summed E-state index contributed by atoms with van der Waals surface area (Å²) >= 11 is 0. The van der Waals surface area contributed by atoms with E-state index in [1.165, 1.54) is 0 Å². The minimum atomic E-state index is -0.602. The highest BCUT2D eigenvalue weighted by Crippen LogP contribution is 2.87. The summed E-state index contributed by atoms with van der Waals surface area (Å²) in [6, 6.07) is 0. The molecule has 0 bridgehead atoms. The number of hydrogen-bond acceptors (Lipinski definition) is 1. The second-order valence-electron chi connectivity index (χ2n) is 3.51. The highest BCUT2D eigenvalue weighted by Gasteiger charge is 2.86. The Labute approximate surface area is 59.5 Å². The number of aliphatic carboxylic acids is 1. The van der Waals surface area contributed by atoms with Crippen molar-refractivity contribution in [3.8, 4) is 0 Å². The number of carbonyl (C=O) groups is 1. The first-order chi connectivity index (χ1) is 4.67. The third kappa shape index (κ3) is 0.405. The van der Waals surface area contributed by atoms with Crippen molar-refractivity contribution in [3.05, 3.63) is 12.7 Å². The summed E-state index contributed by atoms with van der Waals surface area (Å²) in [6.07, 6.45) is 4.50. The van der Waals surface area contributed by atoms with E-state index < -0.39 is 5.97 Å². The van der Waals surface area contributed by atoms with Crippen molar-refractivity contribution >= 4 is 5.97 Å². The molecule has 2 heteroatoms. The number of allylic oxidation sites excluding steroid dienone is 1. The van der Waals surface area contributed by atoms with Crippen LogP contribution in [0.2, 0.25) is 0 Å². The van der Waals surface area contributed by atoms with Crippen molar-refractivity contribution < 1.29 is 9.90 Å². The van der Waals surface area contributed by atoms with Crippen LogP contribution in [0.5, 0.6) is 0 Å². The van der Waals surface area contributed by atoms with Crippen LogP contribution in [0.3, 0.4) is 0 Å². The van der Waals surface area contributed by atoms with E-state index in [9.17, 15) is 4.79 Å². The molecule has 0 spiro atoms. The highest BCUT2D eigenvalue weighted by atomic mass is 16.4. The normalized spacial score (nSPS) is 47.6. The fourth-order valence-corrected chi connectivity index (χ4v) is 2.01. The fraction of sp³-hybridized carbons (Fsp3) is 0.625. The molecule has 2 rings (SSSR count). The number of hydrogen-bond donors (Lipinski definition) is 1. The molecule has 0 unspecified atom stereocenters. The Balaban J connectivity index is 2.07. The lowest BCUT2D eigenvalue weighted by atomic mass is 10.1. The molecule has 2 fully saturated rings. The molecule has 10 heavy (non-hydrogen) atoms. The van der Waals surface area contributed by atoms with Gasteiger partial charge in [-0.15, -0.1) is 6.58 Å². The van der Waals surface area contributed by atoms with Crippen molar-refractivity contribution in [2.75, 3.05) is 0 Å². The Morgan fingerprint density at radius 3 is 2.60 bits per heavy atom. The van der Waals surface area contributed by atoms with Crippen molar-refractivity contribution in [2.45, 2.75) is 19.3 Å². The van der Waals surface area contributed by atoms with Crippen LogP contribution in [0, 0.1) is 10.8 Å². The van der Waals surface area contributed by atoms with Crippen LogP contribution < -0.4 is 0 Å². The van der Waals surface area contributed by atoms with Gasteiger partial charge in [-0.3, -0.25) is 4.79 Å². The van der Waals surface area contributed by atoms with Gasteiger partial charge in [-0.2, -0.15) is 0 Å². The molecule has 0 aromatic heterocycles. The molecule has 0 aliphatic heterocycles. The second kappa shape index (κ2) is 1.29. The Bertz CT molecular complexity index is 211. The largest absolute Gasteiger partial charge is 0.481 e. The molecule has 2 aliphatic rings. The predicted molar refractivity (Wildman–Crippen MR) is 36.5 cm³/mol. The number of fused-ring (bicyclic) bond motifs is 1. The van der Waals surface area contributed by atoms with Crippen LogP contribution in [0.1, 0.15) is 19.3 Å². The molecule has 0 aromatic carbocycles. The fourth-order valence-electron chi connectivity index (χ4n) is 2.01. The smallest absolute Gasteiger partial charge is 0.310 e. The Kier molecular flexibility index (Phi) is 0.766. The molecule has 2 saturated carbocycles. The zero-order valence-electron chi connectivity index (χ0n) is 5.76. The Morgan fingerprint density at radius 1 is 1.70 bits per heavy atom. The van der Waals surface area contributed by atoms with Crippen molar-refractivity contribution in [3.63, 3.8) is 0 Å². The zero-order chi connectivity index (χ0) is 7.41. The zero-order valence-corrected chi connectivity index (χ0v) is 5.76. The molecule has 0 heterocycles. The van der Waals surface area contributed by atoms with Gasteiger partial charge in [-0.1, -0.05) is 6.08 Å². The topological polar surface area (TPSA) is 37.3 Å². The monoisotopic (exact) mass is 138 g/mol. The van der Waals surface area contributed by atoms with Crippen molar-refractivity contribution in [2.24, 2.45) is 10.8 Å². The number of carboxylic acids is 1. The first kappa shape index (κ1) is 5.96. The minimum absolute atomic E-state index is 0.167. The third-order valence-corrected chi connectivity index (χ3v) is 2.99. The van der Waals surface area contributed by atoms with Crippen LogP contribution in [0.15, 0.2) is 12.7 Å².